The molecule has 4 rings (SSSR count). The molecular formula is C17H16Cl2N2O2. The van der Waals surface area contributed by atoms with E-state index in [9.17, 15) is 9.90 Å². The highest BCUT2D eigenvalue weighted by atomic mass is 35.5. The van der Waals surface area contributed by atoms with E-state index in [1.807, 2.05) is 13.8 Å². The lowest BCUT2D eigenvalue weighted by Gasteiger charge is -2.37. The predicted molar refractivity (Wildman–Crippen MR) is 89.2 cm³/mol. The Kier molecular flexibility index (Phi) is 2.75. The molecule has 0 unspecified atom stereocenters. The Morgan fingerprint density at radius 2 is 1.57 bits per heavy atom. The average Bonchev–Trinajstić information content (AvgIpc) is 2.75. The molecule has 1 fully saturated rings. The molecule has 0 amide bonds. The first kappa shape index (κ1) is 15.2. The van der Waals surface area contributed by atoms with Crippen molar-refractivity contribution in [2.24, 2.45) is 5.41 Å². The summed E-state index contributed by atoms with van der Waals surface area (Å²) in [6.45, 7) is 6.13. The minimum absolute atomic E-state index is 0.311. The number of carboxylic acids is 1. The van der Waals surface area contributed by atoms with Crippen LogP contribution >= 0.6 is 23.2 Å². The maximum atomic E-state index is 12.2. The van der Waals surface area contributed by atoms with E-state index in [4.69, 9.17) is 28.2 Å². The number of rotatable bonds is 1. The number of benzene rings is 1. The molecule has 6 heteroatoms. The Balaban J connectivity index is 2.13. The van der Waals surface area contributed by atoms with Gasteiger partial charge in [0.05, 0.1) is 32.5 Å². The maximum Gasteiger partial charge on any atom is 0.316 e. The van der Waals surface area contributed by atoms with Crippen molar-refractivity contribution in [3.05, 3.63) is 33.6 Å². The number of nitrogens with zero attached hydrogens (tertiary/aromatic N) is 2. The van der Waals surface area contributed by atoms with E-state index in [1.165, 1.54) is 0 Å². The summed E-state index contributed by atoms with van der Waals surface area (Å²) in [6, 6.07) is 3.35. The van der Waals surface area contributed by atoms with E-state index in [1.54, 1.807) is 12.1 Å². The largest absolute Gasteiger partial charge is 0.481 e. The molecule has 0 saturated heterocycles. The monoisotopic (exact) mass is 350 g/mol. The highest BCUT2D eigenvalue weighted by Crippen LogP contribution is 2.70. The molecule has 23 heavy (non-hydrogen) atoms. The third-order valence-electron chi connectivity index (χ3n) is 6.44. The first-order valence-electron chi connectivity index (χ1n) is 7.56. The average molecular weight is 351 g/mol. The second-order valence-corrected chi connectivity index (χ2v) is 8.16. The van der Waals surface area contributed by atoms with Crippen LogP contribution in [0.25, 0.3) is 11.0 Å². The Hall–Kier alpha value is -1.39. The van der Waals surface area contributed by atoms with Gasteiger partial charge in [-0.3, -0.25) is 4.79 Å². The fraction of sp³-hybridized carbons (Fsp3) is 0.471. The van der Waals surface area contributed by atoms with E-state index >= 15 is 0 Å². The van der Waals surface area contributed by atoms with Crippen molar-refractivity contribution in [2.45, 2.75) is 44.4 Å². The highest BCUT2D eigenvalue weighted by molar-refractivity contribution is 6.42. The molecule has 2 aliphatic rings. The molecule has 2 aliphatic carbocycles. The van der Waals surface area contributed by atoms with Crippen LogP contribution in [-0.4, -0.2) is 21.0 Å². The lowest BCUT2D eigenvalue weighted by Crippen LogP contribution is -2.45. The van der Waals surface area contributed by atoms with E-state index in [0.29, 0.717) is 33.2 Å². The summed E-state index contributed by atoms with van der Waals surface area (Å²) in [5, 5.41) is 10.9. The van der Waals surface area contributed by atoms with Crippen LogP contribution in [0.3, 0.4) is 0 Å². The fourth-order valence-electron chi connectivity index (χ4n) is 4.57. The van der Waals surface area contributed by atoms with Crippen LogP contribution < -0.4 is 0 Å². The van der Waals surface area contributed by atoms with Gasteiger partial charge in [-0.1, -0.05) is 44.0 Å². The van der Waals surface area contributed by atoms with Crippen molar-refractivity contribution < 1.29 is 9.90 Å². The van der Waals surface area contributed by atoms with E-state index in [2.05, 4.69) is 11.9 Å². The summed E-state index contributed by atoms with van der Waals surface area (Å²) in [6.07, 6.45) is 1.38. The zero-order valence-corrected chi connectivity index (χ0v) is 14.6. The van der Waals surface area contributed by atoms with Gasteiger partial charge in [-0.25, -0.2) is 9.97 Å². The molecule has 2 atom stereocenters. The van der Waals surface area contributed by atoms with Gasteiger partial charge in [0.1, 0.15) is 5.41 Å². The third kappa shape index (κ3) is 1.47. The van der Waals surface area contributed by atoms with Crippen molar-refractivity contribution >= 4 is 40.2 Å². The minimum atomic E-state index is -0.996. The second-order valence-electron chi connectivity index (χ2n) is 7.34. The summed E-state index contributed by atoms with van der Waals surface area (Å²) in [7, 11) is 0. The van der Waals surface area contributed by atoms with Gasteiger partial charge in [-0.2, -0.15) is 0 Å². The Morgan fingerprint density at radius 3 is 2.09 bits per heavy atom. The third-order valence-corrected chi connectivity index (χ3v) is 7.17. The van der Waals surface area contributed by atoms with Gasteiger partial charge >= 0.3 is 5.97 Å². The molecule has 0 aliphatic heterocycles. The van der Waals surface area contributed by atoms with Gasteiger partial charge < -0.3 is 5.11 Å². The quantitative estimate of drug-likeness (QED) is 0.830. The Bertz CT molecular complexity index is 896. The smallest absolute Gasteiger partial charge is 0.316 e. The van der Waals surface area contributed by atoms with E-state index in [-0.39, 0.29) is 5.41 Å². The number of halogens is 2. The summed E-state index contributed by atoms with van der Waals surface area (Å²) in [4.78, 5) is 21.7. The lowest BCUT2D eigenvalue weighted by atomic mass is 9.64. The van der Waals surface area contributed by atoms with Crippen LogP contribution in [0.1, 0.15) is 45.0 Å². The van der Waals surface area contributed by atoms with E-state index < -0.39 is 16.8 Å². The maximum absolute atomic E-state index is 12.2. The molecule has 0 radical (unpaired) electrons. The fourth-order valence-corrected chi connectivity index (χ4v) is 4.89. The number of hydrogen-bond donors (Lipinski definition) is 1. The minimum Gasteiger partial charge on any atom is -0.481 e. The Labute approximate surface area is 143 Å². The second kappa shape index (κ2) is 4.17. The SMILES string of the molecule is CC1(C)[C@]2(C)CC[C@@]1(C(=O)O)c1nc3cc(Cl)c(Cl)cc3nc12. The molecule has 120 valence electrons. The standard InChI is InChI=1S/C17H16Cl2N2O2/c1-15(2)16(3)4-5-17(15,14(22)23)13-12(16)20-10-6-8(18)9(19)7-11(10)21-13/h6-7H,4-5H2,1-3H3,(H,22,23)/t16-,17+/m1/s1. The van der Waals surface area contributed by atoms with Crippen LogP contribution in [0.4, 0.5) is 0 Å². The van der Waals surface area contributed by atoms with Crippen molar-refractivity contribution in [3.63, 3.8) is 0 Å². The molecule has 1 aromatic carbocycles. The summed E-state index contributed by atoms with van der Waals surface area (Å²) in [5.41, 5.74) is 0.864. The summed E-state index contributed by atoms with van der Waals surface area (Å²) >= 11 is 12.2. The highest BCUT2D eigenvalue weighted by Gasteiger charge is 2.73. The lowest BCUT2D eigenvalue weighted by molar-refractivity contribution is -0.148. The molecule has 1 heterocycles. The number of hydrogen-bond acceptors (Lipinski definition) is 3. The van der Waals surface area contributed by atoms with Gasteiger partial charge in [0, 0.05) is 5.41 Å². The number of fused-ring (bicyclic) bond motifs is 6. The van der Waals surface area contributed by atoms with Crippen LogP contribution in [0.5, 0.6) is 0 Å². The van der Waals surface area contributed by atoms with Crippen LogP contribution in [0.15, 0.2) is 12.1 Å². The molecule has 2 bridgehead atoms. The zero-order valence-electron chi connectivity index (χ0n) is 13.1. The van der Waals surface area contributed by atoms with Gasteiger partial charge in [-0.15, -0.1) is 0 Å². The van der Waals surface area contributed by atoms with Crippen molar-refractivity contribution in [1.29, 1.82) is 0 Å². The Morgan fingerprint density at radius 1 is 1.04 bits per heavy atom. The molecule has 1 saturated carbocycles. The number of carboxylic acid groups (broad SMARTS) is 1. The molecule has 2 aromatic rings. The summed E-state index contributed by atoms with van der Waals surface area (Å²) in [5.74, 6) is -0.821. The van der Waals surface area contributed by atoms with Gasteiger partial charge in [0.25, 0.3) is 0 Å². The molecule has 0 spiro atoms. The zero-order chi connectivity index (χ0) is 16.8. The molecule has 1 N–H and O–H groups in total. The van der Waals surface area contributed by atoms with E-state index in [0.717, 1.165) is 12.1 Å². The first-order valence-corrected chi connectivity index (χ1v) is 8.32. The molecular weight excluding hydrogens is 335 g/mol. The summed E-state index contributed by atoms with van der Waals surface area (Å²) < 4.78 is 0. The molecule has 1 aromatic heterocycles. The number of aromatic nitrogens is 2. The number of carbonyl (C=O) groups is 1. The van der Waals surface area contributed by atoms with Crippen LogP contribution in [0, 0.1) is 5.41 Å². The molecule has 4 nitrogen and oxygen atoms in total. The number of aliphatic carboxylic acids is 1. The van der Waals surface area contributed by atoms with Gasteiger partial charge in [0.2, 0.25) is 0 Å². The van der Waals surface area contributed by atoms with Crippen molar-refractivity contribution in [1.82, 2.24) is 9.97 Å². The predicted octanol–water partition coefficient (Wildman–Crippen LogP) is 4.35. The van der Waals surface area contributed by atoms with Gasteiger partial charge in [0.15, 0.2) is 0 Å². The van der Waals surface area contributed by atoms with Gasteiger partial charge in [-0.05, 0) is 30.4 Å². The van der Waals surface area contributed by atoms with Crippen LogP contribution in [-0.2, 0) is 15.6 Å². The first-order chi connectivity index (χ1) is 10.6. The van der Waals surface area contributed by atoms with Crippen molar-refractivity contribution in [3.8, 4) is 0 Å². The van der Waals surface area contributed by atoms with Crippen molar-refractivity contribution in [2.75, 3.05) is 0 Å². The van der Waals surface area contributed by atoms with Crippen LogP contribution in [0.2, 0.25) is 10.0 Å². The normalized spacial score (nSPS) is 30.7. The topological polar surface area (TPSA) is 63.1 Å².